The van der Waals surface area contributed by atoms with E-state index in [1.54, 1.807) is 52.0 Å². The molecule has 9 heteroatoms. The third-order valence-corrected chi connectivity index (χ3v) is 6.26. The van der Waals surface area contributed by atoms with Crippen LogP contribution < -0.4 is 10.2 Å². The van der Waals surface area contributed by atoms with Gasteiger partial charge >= 0.3 is 0 Å². The average Bonchev–Trinajstić information content (AvgIpc) is 3.29. The Labute approximate surface area is 197 Å². The van der Waals surface area contributed by atoms with Gasteiger partial charge in [0, 0.05) is 56.0 Å². The number of halogens is 1. The molecule has 0 aliphatic carbocycles. The fourth-order valence-corrected chi connectivity index (χ4v) is 4.24. The number of carbonyl (C=O) groups is 4. The molecule has 178 valence electrons. The molecule has 1 N–H and O–H groups in total. The lowest BCUT2D eigenvalue weighted by atomic mass is 10.1. The lowest BCUT2D eigenvalue weighted by molar-refractivity contribution is -0.131. The molecule has 0 atom stereocenters. The van der Waals surface area contributed by atoms with Crippen molar-refractivity contribution >= 4 is 29.3 Å². The first-order chi connectivity index (χ1) is 16.3. The molecule has 4 amide bonds. The van der Waals surface area contributed by atoms with Crippen LogP contribution in [0.5, 0.6) is 0 Å². The Kier molecular flexibility index (Phi) is 6.90. The summed E-state index contributed by atoms with van der Waals surface area (Å²) in [6, 6.07) is 10.9. The molecule has 0 bridgehead atoms. The second-order valence-corrected chi connectivity index (χ2v) is 8.51. The molecular formula is C25H27FN4O4. The smallest absolute Gasteiger partial charge is 0.254 e. The molecule has 2 heterocycles. The van der Waals surface area contributed by atoms with Gasteiger partial charge in [-0.3, -0.25) is 19.2 Å². The van der Waals surface area contributed by atoms with Crippen LogP contribution in [0.15, 0.2) is 42.5 Å². The average molecular weight is 467 g/mol. The van der Waals surface area contributed by atoms with E-state index >= 15 is 0 Å². The van der Waals surface area contributed by atoms with Crippen LogP contribution >= 0.6 is 0 Å². The van der Waals surface area contributed by atoms with Gasteiger partial charge in [0.2, 0.25) is 11.8 Å². The first-order valence-electron chi connectivity index (χ1n) is 11.4. The largest absolute Gasteiger partial charge is 0.343 e. The number of aryl methyl sites for hydroxylation is 1. The van der Waals surface area contributed by atoms with Gasteiger partial charge in [0.1, 0.15) is 5.82 Å². The van der Waals surface area contributed by atoms with Crippen molar-refractivity contribution in [3.05, 3.63) is 65.0 Å². The first-order valence-corrected chi connectivity index (χ1v) is 11.4. The number of anilines is 1. The number of rotatable bonds is 5. The summed E-state index contributed by atoms with van der Waals surface area (Å²) in [4.78, 5) is 54.5. The van der Waals surface area contributed by atoms with Crippen molar-refractivity contribution in [3.63, 3.8) is 0 Å². The maximum Gasteiger partial charge on any atom is 0.254 e. The van der Waals surface area contributed by atoms with Crippen LogP contribution in [0.2, 0.25) is 0 Å². The molecule has 0 saturated carbocycles. The summed E-state index contributed by atoms with van der Waals surface area (Å²) in [6.07, 6.45) is 1.37. The highest BCUT2D eigenvalue weighted by Crippen LogP contribution is 2.21. The zero-order chi connectivity index (χ0) is 24.2. The highest BCUT2D eigenvalue weighted by molar-refractivity contribution is 5.99. The summed E-state index contributed by atoms with van der Waals surface area (Å²) >= 11 is 0. The molecule has 2 aromatic carbocycles. The van der Waals surface area contributed by atoms with Crippen LogP contribution in [0.4, 0.5) is 10.1 Å². The topological polar surface area (TPSA) is 90.0 Å². The van der Waals surface area contributed by atoms with Crippen molar-refractivity contribution in [2.45, 2.75) is 19.8 Å². The number of piperazine rings is 1. The van der Waals surface area contributed by atoms with Crippen molar-refractivity contribution in [3.8, 4) is 0 Å². The SMILES string of the molecule is Cc1ccc(F)cc1C(=O)N1CCN(C(=O)CNC(=O)c2ccc(N3CCCC3=O)cc2)CC1. The monoisotopic (exact) mass is 466 g/mol. The van der Waals surface area contributed by atoms with Gasteiger partial charge in [-0.1, -0.05) is 6.07 Å². The maximum atomic E-state index is 13.5. The molecule has 0 aromatic heterocycles. The van der Waals surface area contributed by atoms with Gasteiger partial charge < -0.3 is 20.0 Å². The summed E-state index contributed by atoms with van der Waals surface area (Å²) < 4.78 is 13.5. The van der Waals surface area contributed by atoms with E-state index in [4.69, 9.17) is 0 Å². The highest BCUT2D eigenvalue weighted by Gasteiger charge is 2.26. The van der Waals surface area contributed by atoms with Crippen molar-refractivity contribution in [1.82, 2.24) is 15.1 Å². The second-order valence-electron chi connectivity index (χ2n) is 8.51. The molecule has 2 aliphatic heterocycles. The van der Waals surface area contributed by atoms with E-state index in [9.17, 15) is 23.6 Å². The number of nitrogens with one attached hydrogen (secondary N) is 1. The van der Waals surface area contributed by atoms with Gasteiger partial charge in [0.25, 0.3) is 11.8 Å². The van der Waals surface area contributed by atoms with Crippen LogP contribution in [0.3, 0.4) is 0 Å². The van der Waals surface area contributed by atoms with E-state index in [1.807, 2.05) is 0 Å². The molecule has 0 spiro atoms. The Morgan fingerprint density at radius 2 is 1.62 bits per heavy atom. The summed E-state index contributed by atoms with van der Waals surface area (Å²) in [7, 11) is 0. The number of hydrogen-bond acceptors (Lipinski definition) is 4. The number of carbonyl (C=O) groups excluding carboxylic acids is 4. The molecular weight excluding hydrogens is 439 g/mol. The number of nitrogens with zero attached hydrogens (tertiary/aromatic N) is 3. The maximum absolute atomic E-state index is 13.5. The lowest BCUT2D eigenvalue weighted by Crippen LogP contribution is -2.52. The molecule has 34 heavy (non-hydrogen) atoms. The zero-order valence-corrected chi connectivity index (χ0v) is 19.1. The zero-order valence-electron chi connectivity index (χ0n) is 19.1. The summed E-state index contributed by atoms with van der Waals surface area (Å²) in [6.45, 7) is 3.65. The second kappa shape index (κ2) is 10.0. The molecule has 0 unspecified atom stereocenters. The van der Waals surface area contributed by atoms with Gasteiger partial charge in [-0.2, -0.15) is 0 Å². The Balaban J connectivity index is 1.25. The van der Waals surface area contributed by atoms with Crippen molar-refractivity contribution < 1.29 is 23.6 Å². The van der Waals surface area contributed by atoms with Gasteiger partial charge in [-0.15, -0.1) is 0 Å². The Morgan fingerprint density at radius 3 is 2.26 bits per heavy atom. The number of hydrogen-bond donors (Lipinski definition) is 1. The van der Waals surface area contributed by atoms with E-state index in [0.29, 0.717) is 55.8 Å². The van der Waals surface area contributed by atoms with E-state index < -0.39 is 5.82 Å². The minimum Gasteiger partial charge on any atom is -0.343 e. The Morgan fingerprint density at radius 1 is 0.941 bits per heavy atom. The standard InChI is InChI=1S/C25H27FN4O4/c1-17-4-7-19(26)15-21(17)25(34)29-13-11-28(12-14-29)23(32)16-27-24(33)18-5-8-20(9-6-18)30-10-2-3-22(30)31/h4-9,15H,2-3,10-14,16H2,1H3,(H,27,33). The molecule has 8 nitrogen and oxygen atoms in total. The summed E-state index contributed by atoms with van der Waals surface area (Å²) in [5.74, 6) is -1.24. The first kappa shape index (κ1) is 23.4. The van der Waals surface area contributed by atoms with Crippen molar-refractivity contribution in [2.24, 2.45) is 0 Å². The number of benzene rings is 2. The van der Waals surface area contributed by atoms with E-state index in [2.05, 4.69) is 5.32 Å². The summed E-state index contributed by atoms with van der Waals surface area (Å²) in [5, 5.41) is 2.63. The normalized spacial score (nSPS) is 16.1. The molecule has 2 fully saturated rings. The third kappa shape index (κ3) is 5.08. The lowest BCUT2D eigenvalue weighted by Gasteiger charge is -2.35. The van der Waals surface area contributed by atoms with Crippen LogP contribution in [0, 0.1) is 12.7 Å². The Bertz CT molecular complexity index is 1110. The quantitative estimate of drug-likeness (QED) is 0.730. The molecule has 2 aliphatic rings. The van der Waals surface area contributed by atoms with Crippen molar-refractivity contribution in [1.29, 1.82) is 0 Å². The van der Waals surface area contributed by atoms with E-state index in [0.717, 1.165) is 12.1 Å². The predicted octanol–water partition coefficient (Wildman–Crippen LogP) is 1.98. The Hall–Kier alpha value is -3.75. The molecule has 0 radical (unpaired) electrons. The minimum atomic E-state index is -0.460. The van der Waals surface area contributed by atoms with Crippen molar-refractivity contribution in [2.75, 3.05) is 44.2 Å². The third-order valence-electron chi connectivity index (χ3n) is 6.26. The fraction of sp³-hybridized carbons (Fsp3) is 0.360. The predicted molar refractivity (Wildman–Crippen MR) is 124 cm³/mol. The molecule has 2 saturated heterocycles. The van der Waals surface area contributed by atoms with Crippen LogP contribution in [-0.4, -0.2) is 72.7 Å². The van der Waals surface area contributed by atoms with Gasteiger partial charge in [-0.05, 0) is 55.3 Å². The molecule has 4 rings (SSSR count). The summed E-state index contributed by atoms with van der Waals surface area (Å²) in [5.41, 5.74) is 2.19. The van der Waals surface area contributed by atoms with Crippen LogP contribution in [-0.2, 0) is 9.59 Å². The van der Waals surface area contributed by atoms with Gasteiger partial charge in [-0.25, -0.2) is 4.39 Å². The van der Waals surface area contributed by atoms with Crippen LogP contribution in [0.25, 0.3) is 0 Å². The minimum absolute atomic E-state index is 0.0793. The number of amides is 4. The highest BCUT2D eigenvalue weighted by atomic mass is 19.1. The fourth-order valence-electron chi connectivity index (χ4n) is 4.24. The van der Waals surface area contributed by atoms with Crippen LogP contribution in [0.1, 0.15) is 39.1 Å². The van der Waals surface area contributed by atoms with Gasteiger partial charge in [0.05, 0.1) is 6.54 Å². The molecule has 2 aromatic rings. The van der Waals surface area contributed by atoms with E-state index in [-0.39, 0.29) is 30.2 Å². The van der Waals surface area contributed by atoms with E-state index in [1.165, 1.54) is 12.1 Å². The van der Waals surface area contributed by atoms with Gasteiger partial charge in [0.15, 0.2) is 0 Å².